The highest BCUT2D eigenvalue weighted by Crippen LogP contribution is 2.35. The van der Waals surface area contributed by atoms with Gasteiger partial charge in [-0.3, -0.25) is 10.1 Å². The van der Waals surface area contributed by atoms with Gasteiger partial charge in [0.15, 0.2) is 6.61 Å². The summed E-state index contributed by atoms with van der Waals surface area (Å²) in [5.41, 5.74) is 1.78. The molecule has 0 bridgehead atoms. The number of anilines is 1. The van der Waals surface area contributed by atoms with Gasteiger partial charge < -0.3 is 4.74 Å². The van der Waals surface area contributed by atoms with Crippen LogP contribution < -0.4 is 10.1 Å². The lowest BCUT2D eigenvalue weighted by molar-refractivity contribution is -0.118. The van der Waals surface area contributed by atoms with E-state index in [0.717, 1.165) is 27.0 Å². The number of rotatable bonds is 5. The Labute approximate surface area is 146 Å². The Morgan fingerprint density at radius 2 is 2.18 bits per heavy atom. The Balaban J connectivity index is 1.99. The van der Waals surface area contributed by atoms with Gasteiger partial charge in [0, 0.05) is 5.02 Å². The number of nitrogens with zero attached hydrogens (tertiary/aromatic N) is 2. The number of aryl methyl sites for hydroxylation is 2. The second kappa shape index (κ2) is 7.39. The highest BCUT2D eigenvalue weighted by Gasteiger charge is 2.13. The van der Waals surface area contributed by atoms with Gasteiger partial charge in [-0.2, -0.15) is 0 Å². The average molecular weight is 405 g/mol. The summed E-state index contributed by atoms with van der Waals surface area (Å²) in [4.78, 5) is 11.9. The van der Waals surface area contributed by atoms with Crippen LogP contribution in [0.1, 0.15) is 23.1 Å². The summed E-state index contributed by atoms with van der Waals surface area (Å²) < 4.78 is 6.31. The third-order valence-electron chi connectivity index (χ3n) is 2.94. The van der Waals surface area contributed by atoms with Crippen molar-refractivity contribution < 1.29 is 9.53 Å². The zero-order chi connectivity index (χ0) is 16.3. The number of ether oxygens (including phenoxy) is 1. The fraction of sp³-hybridized carbons (Fsp3) is 0.357. The molecule has 0 fully saturated rings. The van der Waals surface area contributed by atoms with Gasteiger partial charge in [0.05, 0.1) is 4.47 Å². The minimum absolute atomic E-state index is 0.111. The number of carbonyl (C=O) groups is 1. The van der Waals surface area contributed by atoms with Gasteiger partial charge in [-0.1, -0.05) is 29.9 Å². The van der Waals surface area contributed by atoms with Crippen LogP contribution >= 0.6 is 38.9 Å². The number of aromatic nitrogens is 2. The standard InChI is InChI=1S/C14H15BrClN3O2S/c1-4-11-18-19-14(22-11)17-10(20)6-21-9-5-7(2)13(16)8(3)12(9)15/h5H,4,6H2,1-3H3,(H,17,19,20). The molecule has 0 spiro atoms. The van der Waals surface area contributed by atoms with Crippen LogP contribution in [-0.4, -0.2) is 22.7 Å². The van der Waals surface area contributed by atoms with Crippen LogP contribution in [0.4, 0.5) is 5.13 Å². The monoisotopic (exact) mass is 403 g/mol. The van der Waals surface area contributed by atoms with Crippen LogP contribution in [0.3, 0.4) is 0 Å². The van der Waals surface area contributed by atoms with Crippen molar-refractivity contribution in [3.05, 3.63) is 31.7 Å². The third-order valence-corrected chi connectivity index (χ3v) is 5.49. The Hall–Kier alpha value is -1.18. The fourth-order valence-electron chi connectivity index (χ4n) is 1.75. The topological polar surface area (TPSA) is 64.1 Å². The van der Waals surface area contributed by atoms with Gasteiger partial charge in [0.25, 0.3) is 5.91 Å². The number of amides is 1. The van der Waals surface area contributed by atoms with Gasteiger partial charge in [-0.15, -0.1) is 10.2 Å². The first-order valence-electron chi connectivity index (χ1n) is 6.62. The van der Waals surface area contributed by atoms with Crippen molar-refractivity contribution >= 4 is 49.9 Å². The molecule has 0 unspecified atom stereocenters. The van der Waals surface area contributed by atoms with Gasteiger partial charge >= 0.3 is 0 Å². The van der Waals surface area contributed by atoms with Crippen molar-refractivity contribution in [2.45, 2.75) is 27.2 Å². The van der Waals surface area contributed by atoms with Crippen LogP contribution in [0.25, 0.3) is 0 Å². The van der Waals surface area contributed by atoms with Crippen molar-refractivity contribution in [1.29, 1.82) is 0 Å². The molecule has 8 heteroatoms. The fourth-order valence-corrected chi connectivity index (χ4v) is 3.14. The minimum atomic E-state index is -0.282. The maximum absolute atomic E-state index is 11.9. The van der Waals surface area contributed by atoms with Crippen molar-refractivity contribution in [2.75, 3.05) is 11.9 Å². The Kier molecular flexibility index (Phi) is 5.77. The number of carbonyl (C=O) groups excluding carboxylic acids is 1. The number of hydrogen-bond donors (Lipinski definition) is 1. The molecule has 1 amide bonds. The molecule has 0 saturated heterocycles. The third kappa shape index (κ3) is 3.97. The van der Waals surface area contributed by atoms with Crippen molar-refractivity contribution in [3.63, 3.8) is 0 Å². The number of benzene rings is 1. The van der Waals surface area contributed by atoms with E-state index in [9.17, 15) is 4.79 Å². The molecule has 0 saturated carbocycles. The summed E-state index contributed by atoms with van der Waals surface area (Å²) in [7, 11) is 0. The molecule has 0 radical (unpaired) electrons. The highest BCUT2D eigenvalue weighted by molar-refractivity contribution is 9.10. The quantitative estimate of drug-likeness (QED) is 0.813. The maximum atomic E-state index is 11.9. The van der Waals surface area contributed by atoms with Crippen molar-refractivity contribution in [1.82, 2.24) is 10.2 Å². The SMILES string of the molecule is CCc1nnc(NC(=O)COc2cc(C)c(Cl)c(C)c2Br)s1. The predicted molar refractivity (Wildman–Crippen MR) is 92.0 cm³/mol. The Morgan fingerprint density at radius 1 is 1.45 bits per heavy atom. The van der Waals surface area contributed by atoms with Gasteiger partial charge in [0.2, 0.25) is 5.13 Å². The van der Waals surface area contributed by atoms with Gasteiger partial charge in [0.1, 0.15) is 10.8 Å². The molecule has 2 aromatic rings. The lowest BCUT2D eigenvalue weighted by Gasteiger charge is -2.12. The molecular weight excluding hydrogens is 390 g/mol. The zero-order valence-electron chi connectivity index (χ0n) is 12.4. The summed E-state index contributed by atoms with van der Waals surface area (Å²) in [6, 6.07) is 1.80. The minimum Gasteiger partial charge on any atom is -0.483 e. The summed E-state index contributed by atoms with van der Waals surface area (Å²) in [5.74, 6) is 0.303. The van der Waals surface area contributed by atoms with E-state index < -0.39 is 0 Å². The smallest absolute Gasteiger partial charge is 0.264 e. The van der Waals surface area contributed by atoms with Crippen LogP contribution in [0.15, 0.2) is 10.5 Å². The van der Waals surface area contributed by atoms with E-state index in [1.165, 1.54) is 11.3 Å². The average Bonchev–Trinajstić information content (AvgIpc) is 2.95. The molecule has 118 valence electrons. The molecule has 0 aliphatic heterocycles. The molecule has 0 aliphatic carbocycles. The lowest BCUT2D eigenvalue weighted by Crippen LogP contribution is -2.20. The lowest BCUT2D eigenvalue weighted by atomic mass is 10.1. The first kappa shape index (κ1) is 17.2. The van der Waals surface area contributed by atoms with Crippen molar-refractivity contribution in [2.24, 2.45) is 0 Å². The van der Waals surface area contributed by atoms with Crippen LogP contribution in [0.5, 0.6) is 5.75 Å². The second-order valence-corrected chi connectivity index (χ2v) is 6.87. The molecule has 1 N–H and O–H groups in total. The van der Waals surface area contributed by atoms with E-state index in [2.05, 4.69) is 31.4 Å². The number of hydrogen-bond acceptors (Lipinski definition) is 5. The molecule has 1 heterocycles. The van der Waals surface area contributed by atoms with E-state index in [-0.39, 0.29) is 12.5 Å². The van der Waals surface area contributed by atoms with Crippen LogP contribution in [0, 0.1) is 13.8 Å². The normalized spacial score (nSPS) is 10.6. The zero-order valence-corrected chi connectivity index (χ0v) is 15.5. The van der Waals surface area contributed by atoms with Gasteiger partial charge in [-0.25, -0.2) is 0 Å². The summed E-state index contributed by atoms with van der Waals surface area (Å²) in [6.07, 6.45) is 0.792. The summed E-state index contributed by atoms with van der Waals surface area (Å²) in [5, 5.41) is 12.5. The molecule has 1 aromatic heterocycles. The van der Waals surface area contributed by atoms with E-state index in [1.54, 1.807) is 6.07 Å². The molecule has 5 nitrogen and oxygen atoms in total. The van der Waals surface area contributed by atoms with E-state index in [0.29, 0.717) is 15.9 Å². The molecule has 22 heavy (non-hydrogen) atoms. The largest absolute Gasteiger partial charge is 0.483 e. The van der Waals surface area contributed by atoms with Crippen LogP contribution in [0.2, 0.25) is 5.02 Å². The van der Waals surface area contributed by atoms with E-state index >= 15 is 0 Å². The summed E-state index contributed by atoms with van der Waals surface area (Å²) in [6.45, 7) is 5.65. The number of halogens is 2. The number of nitrogens with one attached hydrogen (secondary N) is 1. The molecular formula is C14H15BrClN3O2S. The Bertz CT molecular complexity index is 706. The van der Waals surface area contributed by atoms with Gasteiger partial charge in [-0.05, 0) is 53.4 Å². The highest BCUT2D eigenvalue weighted by atomic mass is 79.9. The van der Waals surface area contributed by atoms with E-state index in [1.807, 2.05) is 20.8 Å². The molecule has 0 aliphatic rings. The first-order valence-corrected chi connectivity index (χ1v) is 8.61. The molecule has 2 rings (SSSR count). The summed E-state index contributed by atoms with van der Waals surface area (Å²) >= 11 is 11.0. The van der Waals surface area contributed by atoms with Crippen LogP contribution in [-0.2, 0) is 11.2 Å². The first-order chi connectivity index (χ1) is 10.4. The second-order valence-electron chi connectivity index (χ2n) is 4.64. The predicted octanol–water partition coefficient (Wildman–Crippen LogP) is 4.15. The van der Waals surface area contributed by atoms with Crippen molar-refractivity contribution in [3.8, 4) is 5.75 Å². The molecule has 0 atom stereocenters. The maximum Gasteiger partial charge on any atom is 0.264 e. The Morgan fingerprint density at radius 3 is 2.82 bits per heavy atom. The van der Waals surface area contributed by atoms with E-state index in [4.69, 9.17) is 16.3 Å². The molecule has 1 aromatic carbocycles.